The molecule has 4 rings (SSSR count). The van der Waals surface area contributed by atoms with E-state index in [1.165, 1.54) is 18.7 Å². The van der Waals surface area contributed by atoms with Crippen LogP contribution in [0.25, 0.3) is 17.1 Å². The Kier molecular flexibility index (Phi) is 7.08. The third kappa shape index (κ3) is 5.52. The molecule has 7 nitrogen and oxygen atoms in total. The van der Waals surface area contributed by atoms with Crippen LogP contribution < -0.4 is 10.6 Å². The number of hydrogen-bond acceptors (Lipinski definition) is 5. The van der Waals surface area contributed by atoms with Crippen LogP contribution in [0.4, 0.5) is 11.4 Å². The minimum absolute atomic E-state index is 0.143. The molecule has 4 aromatic rings. The molecule has 2 N–H and O–H groups in total. The summed E-state index contributed by atoms with van der Waals surface area (Å²) in [4.78, 5) is 23.8. The normalized spacial score (nSPS) is 10.7. The van der Waals surface area contributed by atoms with Crippen LogP contribution in [0.1, 0.15) is 18.1 Å². The van der Waals surface area contributed by atoms with Crippen molar-refractivity contribution in [1.29, 1.82) is 0 Å². The van der Waals surface area contributed by atoms with Gasteiger partial charge < -0.3 is 10.6 Å². The molecule has 1 aromatic heterocycles. The van der Waals surface area contributed by atoms with Crippen molar-refractivity contribution in [1.82, 2.24) is 14.8 Å². The van der Waals surface area contributed by atoms with Crippen molar-refractivity contribution in [2.24, 2.45) is 0 Å². The van der Waals surface area contributed by atoms with Gasteiger partial charge in [-0.3, -0.25) is 14.2 Å². The van der Waals surface area contributed by atoms with Gasteiger partial charge in [0.15, 0.2) is 11.0 Å². The van der Waals surface area contributed by atoms with Crippen molar-refractivity contribution >= 4 is 35.0 Å². The van der Waals surface area contributed by atoms with E-state index in [0.29, 0.717) is 16.5 Å². The molecule has 172 valence electrons. The molecular weight excluding hydrogens is 446 g/mol. The van der Waals surface area contributed by atoms with Gasteiger partial charge in [-0.05, 0) is 55.3 Å². The first-order valence-electron chi connectivity index (χ1n) is 10.8. The lowest BCUT2D eigenvalue weighted by Crippen LogP contribution is -2.15. The molecule has 0 aliphatic rings. The lowest BCUT2D eigenvalue weighted by atomic mass is 10.1. The molecule has 2 amide bonds. The number of amides is 2. The van der Waals surface area contributed by atoms with E-state index in [1.54, 1.807) is 24.3 Å². The minimum atomic E-state index is -0.158. The van der Waals surface area contributed by atoms with E-state index in [0.717, 1.165) is 28.2 Å². The number of nitrogens with one attached hydrogen (secondary N) is 2. The van der Waals surface area contributed by atoms with Crippen LogP contribution in [0.2, 0.25) is 0 Å². The smallest absolute Gasteiger partial charge is 0.234 e. The molecule has 0 spiro atoms. The average Bonchev–Trinajstić information content (AvgIpc) is 3.24. The fourth-order valence-electron chi connectivity index (χ4n) is 3.48. The minimum Gasteiger partial charge on any atom is -0.326 e. The Hall–Kier alpha value is -3.91. The summed E-state index contributed by atoms with van der Waals surface area (Å²) in [7, 11) is 0. The predicted octanol–water partition coefficient (Wildman–Crippen LogP) is 5.24. The maximum Gasteiger partial charge on any atom is 0.234 e. The van der Waals surface area contributed by atoms with Gasteiger partial charge in [-0.15, -0.1) is 10.2 Å². The molecule has 0 fully saturated rings. The first-order chi connectivity index (χ1) is 16.4. The molecule has 0 radical (unpaired) electrons. The van der Waals surface area contributed by atoms with Crippen molar-refractivity contribution in [3.63, 3.8) is 0 Å². The molecule has 8 heteroatoms. The van der Waals surface area contributed by atoms with Gasteiger partial charge in [0.2, 0.25) is 11.8 Å². The van der Waals surface area contributed by atoms with Crippen molar-refractivity contribution < 1.29 is 9.59 Å². The van der Waals surface area contributed by atoms with Gasteiger partial charge in [-0.1, -0.05) is 54.2 Å². The highest BCUT2D eigenvalue weighted by Crippen LogP contribution is 2.30. The third-order valence-corrected chi connectivity index (χ3v) is 6.02. The number of nitrogens with zero attached hydrogens (tertiary/aromatic N) is 3. The molecular formula is C26H25N5O2S. The van der Waals surface area contributed by atoms with Crippen LogP contribution >= 0.6 is 11.8 Å². The highest BCUT2D eigenvalue weighted by atomic mass is 32.2. The van der Waals surface area contributed by atoms with Gasteiger partial charge in [-0.2, -0.15) is 0 Å². The third-order valence-electron chi connectivity index (χ3n) is 5.09. The Morgan fingerprint density at radius 2 is 1.56 bits per heavy atom. The number of anilines is 2. The Balaban J connectivity index is 1.55. The lowest BCUT2D eigenvalue weighted by molar-refractivity contribution is -0.114. The van der Waals surface area contributed by atoms with Crippen LogP contribution in [-0.4, -0.2) is 32.3 Å². The Morgan fingerprint density at radius 1 is 0.882 bits per heavy atom. The summed E-state index contributed by atoms with van der Waals surface area (Å²) >= 11 is 1.33. The average molecular weight is 472 g/mol. The maximum atomic E-state index is 12.6. The van der Waals surface area contributed by atoms with Crippen LogP contribution in [-0.2, 0) is 9.59 Å². The lowest BCUT2D eigenvalue weighted by Gasteiger charge is -2.14. The molecule has 0 bridgehead atoms. The zero-order chi connectivity index (χ0) is 24.1. The summed E-state index contributed by atoms with van der Waals surface area (Å²) in [6, 6.07) is 23.1. The molecule has 1 heterocycles. The fourth-order valence-corrected chi connectivity index (χ4v) is 4.23. The number of carbonyl (C=O) groups excluding carboxylic acids is 2. The summed E-state index contributed by atoms with van der Waals surface area (Å²) < 4.78 is 2.01. The molecule has 0 atom stereocenters. The predicted molar refractivity (Wildman–Crippen MR) is 136 cm³/mol. The van der Waals surface area contributed by atoms with E-state index in [-0.39, 0.29) is 17.6 Å². The number of carbonyl (C=O) groups is 2. The van der Waals surface area contributed by atoms with E-state index in [1.807, 2.05) is 41.8 Å². The van der Waals surface area contributed by atoms with Crippen molar-refractivity contribution in [3.05, 3.63) is 83.9 Å². The fraction of sp³-hybridized carbons (Fsp3) is 0.154. The van der Waals surface area contributed by atoms with Crippen LogP contribution in [0.5, 0.6) is 0 Å². The van der Waals surface area contributed by atoms with Gasteiger partial charge in [0, 0.05) is 23.9 Å². The molecule has 3 aromatic carbocycles. The number of thioether (sulfide) groups is 1. The van der Waals surface area contributed by atoms with Gasteiger partial charge in [0.25, 0.3) is 0 Å². The van der Waals surface area contributed by atoms with Crippen molar-refractivity contribution in [2.45, 2.75) is 25.9 Å². The number of benzene rings is 3. The highest BCUT2D eigenvalue weighted by Gasteiger charge is 2.18. The maximum absolute atomic E-state index is 12.6. The summed E-state index contributed by atoms with van der Waals surface area (Å²) in [5.74, 6) is 0.599. The SMILES string of the molecule is CC(=O)Nc1ccc(NC(=O)CSc2nnc(-c3ccccc3)n2-c2cc(C)ccc2C)cc1. The summed E-state index contributed by atoms with van der Waals surface area (Å²) in [5.41, 5.74) is 5.49. The second-order valence-corrected chi connectivity index (χ2v) is 8.84. The van der Waals surface area contributed by atoms with E-state index in [2.05, 4.69) is 46.0 Å². The summed E-state index contributed by atoms with van der Waals surface area (Å²) in [5, 5.41) is 15.1. The topological polar surface area (TPSA) is 88.9 Å². The van der Waals surface area contributed by atoms with Crippen molar-refractivity contribution in [2.75, 3.05) is 16.4 Å². The number of rotatable bonds is 7. The van der Waals surface area contributed by atoms with Crippen LogP contribution in [0.15, 0.2) is 78.0 Å². The summed E-state index contributed by atoms with van der Waals surface area (Å²) in [6.07, 6.45) is 0. The monoisotopic (exact) mass is 471 g/mol. The molecule has 0 aliphatic heterocycles. The number of aryl methyl sites for hydroxylation is 2. The van der Waals surface area contributed by atoms with E-state index < -0.39 is 0 Å². The Labute approximate surface area is 202 Å². The molecule has 0 unspecified atom stereocenters. The van der Waals surface area contributed by atoms with E-state index >= 15 is 0 Å². The summed E-state index contributed by atoms with van der Waals surface area (Å²) in [6.45, 7) is 5.55. The largest absolute Gasteiger partial charge is 0.326 e. The Bertz CT molecular complexity index is 1320. The Morgan fingerprint density at radius 3 is 2.24 bits per heavy atom. The van der Waals surface area contributed by atoms with E-state index in [9.17, 15) is 9.59 Å². The van der Waals surface area contributed by atoms with Gasteiger partial charge >= 0.3 is 0 Å². The molecule has 0 aliphatic carbocycles. The van der Waals surface area contributed by atoms with Gasteiger partial charge in [0.05, 0.1) is 11.4 Å². The highest BCUT2D eigenvalue weighted by molar-refractivity contribution is 7.99. The number of aromatic nitrogens is 3. The quantitative estimate of drug-likeness (QED) is 0.360. The molecule has 0 saturated heterocycles. The zero-order valence-electron chi connectivity index (χ0n) is 19.2. The van der Waals surface area contributed by atoms with E-state index in [4.69, 9.17) is 0 Å². The first-order valence-corrected chi connectivity index (χ1v) is 11.8. The molecule has 0 saturated carbocycles. The standard InChI is InChI=1S/C26H25N5O2S/c1-17-9-10-18(2)23(15-17)31-25(20-7-5-4-6-8-20)29-30-26(31)34-16-24(33)28-22-13-11-21(12-14-22)27-19(3)32/h4-15H,16H2,1-3H3,(H,27,32)(H,28,33). The second-order valence-electron chi connectivity index (χ2n) is 7.89. The number of hydrogen-bond donors (Lipinski definition) is 2. The zero-order valence-corrected chi connectivity index (χ0v) is 20.0. The van der Waals surface area contributed by atoms with Gasteiger partial charge in [-0.25, -0.2) is 0 Å². The van der Waals surface area contributed by atoms with Gasteiger partial charge in [0.1, 0.15) is 0 Å². The first kappa shape index (κ1) is 23.3. The van der Waals surface area contributed by atoms with Crippen molar-refractivity contribution in [3.8, 4) is 17.1 Å². The second kappa shape index (κ2) is 10.4. The van der Waals surface area contributed by atoms with Crippen LogP contribution in [0.3, 0.4) is 0 Å². The van der Waals surface area contributed by atoms with Crippen LogP contribution in [0, 0.1) is 13.8 Å². The molecule has 34 heavy (non-hydrogen) atoms.